The second kappa shape index (κ2) is 5.43. The summed E-state index contributed by atoms with van der Waals surface area (Å²) in [6.45, 7) is 9.64. The molecule has 0 saturated heterocycles. The van der Waals surface area contributed by atoms with Crippen molar-refractivity contribution < 1.29 is 4.79 Å². The molecule has 2 aromatic rings. The lowest BCUT2D eigenvalue weighted by Gasteiger charge is -2.18. The second-order valence-electron chi connectivity index (χ2n) is 4.99. The van der Waals surface area contributed by atoms with E-state index in [1.165, 1.54) is 0 Å². The first kappa shape index (κ1) is 13.6. The fourth-order valence-corrected chi connectivity index (χ4v) is 2.13. The first-order chi connectivity index (χ1) is 9.06. The maximum atomic E-state index is 12.3. The van der Waals surface area contributed by atoms with E-state index < -0.39 is 0 Å². The number of nitrogens with zero attached hydrogens (tertiary/aromatic N) is 2. The molecule has 1 aromatic carbocycles. The van der Waals surface area contributed by atoms with Gasteiger partial charge in [0.15, 0.2) is 0 Å². The third-order valence-corrected chi connectivity index (χ3v) is 3.34. The number of aromatic amines is 1. The normalized spacial score (nSPS) is 11.2. The topological polar surface area (TPSA) is 49.0 Å². The molecule has 0 aliphatic rings. The molecule has 0 fully saturated rings. The summed E-state index contributed by atoms with van der Waals surface area (Å²) in [5.41, 5.74) is 2.57. The number of carbonyl (C=O) groups is 1. The number of hydrogen-bond donors (Lipinski definition) is 1. The highest BCUT2D eigenvalue weighted by molar-refractivity contribution is 5.97. The Labute approximate surface area is 113 Å². The Balaban J connectivity index is 2.38. The molecule has 0 radical (unpaired) electrons. The van der Waals surface area contributed by atoms with Crippen molar-refractivity contribution in [1.29, 1.82) is 0 Å². The average molecular weight is 259 g/mol. The number of H-pyrrole nitrogens is 1. The lowest BCUT2D eigenvalue weighted by molar-refractivity contribution is 0.0773. The minimum absolute atomic E-state index is 0.0765. The Morgan fingerprint density at radius 1 is 1.32 bits per heavy atom. The van der Waals surface area contributed by atoms with Crippen LogP contribution < -0.4 is 0 Å². The molecule has 1 heterocycles. The molecule has 0 aliphatic carbocycles. The summed E-state index contributed by atoms with van der Waals surface area (Å²) in [6.07, 6.45) is 0. The van der Waals surface area contributed by atoms with Crippen LogP contribution in [0.25, 0.3) is 11.0 Å². The standard InChI is InChI=1S/C15H21N3O/c1-5-18(6-2)15(19)11-7-8-12-13(9-11)17-14(16-12)10(3)4/h7-10H,5-6H2,1-4H3,(H,16,17). The van der Waals surface area contributed by atoms with Gasteiger partial charge in [-0.05, 0) is 32.0 Å². The van der Waals surface area contributed by atoms with Crippen molar-refractivity contribution in [2.75, 3.05) is 13.1 Å². The van der Waals surface area contributed by atoms with Crippen molar-refractivity contribution in [2.24, 2.45) is 0 Å². The molecule has 19 heavy (non-hydrogen) atoms. The van der Waals surface area contributed by atoms with Gasteiger partial charge in [0.25, 0.3) is 5.91 Å². The number of nitrogens with one attached hydrogen (secondary N) is 1. The van der Waals surface area contributed by atoms with Gasteiger partial charge in [0, 0.05) is 24.6 Å². The zero-order valence-electron chi connectivity index (χ0n) is 12.0. The summed E-state index contributed by atoms with van der Waals surface area (Å²) in [6, 6.07) is 5.66. The van der Waals surface area contributed by atoms with E-state index in [2.05, 4.69) is 23.8 Å². The minimum atomic E-state index is 0.0765. The van der Waals surface area contributed by atoms with Crippen molar-refractivity contribution in [3.05, 3.63) is 29.6 Å². The fraction of sp³-hybridized carbons (Fsp3) is 0.467. The van der Waals surface area contributed by atoms with Crippen LogP contribution in [0.3, 0.4) is 0 Å². The molecule has 0 spiro atoms. The highest BCUT2D eigenvalue weighted by atomic mass is 16.2. The van der Waals surface area contributed by atoms with Crippen LogP contribution in [0.4, 0.5) is 0 Å². The SMILES string of the molecule is CCN(CC)C(=O)c1ccc2nc(C(C)C)[nH]c2c1. The molecule has 0 saturated carbocycles. The molecule has 2 rings (SSSR count). The number of carbonyl (C=O) groups excluding carboxylic acids is 1. The highest BCUT2D eigenvalue weighted by Crippen LogP contribution is 2.19. The predicted molar refractivity (Wildman–Crippen MR) is 77.4 cm³/mol. The van der Waals surface area contributed by atoms with Crippen LogP contribution >= 0.6 is 0 Å². The highest BCUT2D eigenvalue weighted by Gasteiger charge is 2.14. The van der Waals surface area contributed by atoms with Crippen LogP contribution in [0.5, 0.6) is 0 Å². The summed E-state index contributed by atoms with van der Waals surface area (Å²) in [7, 11) is 0. The van der Waals surface area contributed by atoms with E-state index in [0.29, 0.717) is 5.92 Å². The van der Waals surface area contributed by atoms with Crippen molar-refractivity contribution in [1.82, 2.24) is 14.9 Å². The maximum absolute atomic E-state index is 12.3. The van der Waals surface area contributed by atoms with E-state index in [9.17, 15) is 4.79 Å². The molecule has 0 bridgehead atoms. The summed E-state index contributed by atoms with van der Waals surface area (Å²) >= 11 is 0. The van der Waals surface area contributed by atoms with E-state index >= 15 is 0 Å². The van der Waals surface area contributed by atoms with Crippen LogP contribution in [0.2, 0.25) is 0 Å². The molecule has 1 N–H and O–H groups in total. The van der Waals surface area contributed by atoms with Crippen LogP contribution in [0.1, 0.15) is 49.8 Å². The molecule has 1 amide bonds. The monoisotopic (exact) mass is 259 g/mol. The summed E-state index contributed by atoms with van der Waals surface area (Å²) in [4.78, 5) is 21.9. The number of amides is 1. The number of imidazole rings is 1. The third-order valence-electron chi connectivity index (χ3n) is 3.34. The van der Waals surface area contributed by atoms with E-state index in [0.717, 1.165) is 35.5 Å². The van der Waals surface area contributed by atoms with Crippen molar-refractivity contribution in [3.8, 4) is 0 Å². The Morgan fingerprint density at radius 2 is 2.00 bits per heavy atom. The Bertz CT molecular complexity index is 582. The number of fused-ring (bicyclic) bond motifs is 1. The summed E-state index contributed by atoms with van der Waals surface area (Å²) < 4.78 is 0. The van der Waals surface area contributed by atoms with Gasteiger partial charge in [-0.25, -0.2) is 4.98 Å². The van der Waals surface area contributed by atoms with Crippen molar-refractivity contribution in [2.45, 2.75) is 33.6 Å². The van der Waals surface area contributed by atoms with Gasteiger partial charge in [-0.1, -0.05) is 13.8 Å². The number of rotatable bonds is 4. The van der Waals surface area contributed by atoms with E-state index in [-0.39, 0.29) is 5.91 Å². The first-order valence-electron chi connectivity index (χ1n) is 6.85. The molecule has 0 unspecified atom stereocenters. The van der Waals surface area contributed by atoms with Gasteiger partial charge >= 0.3 is 0 Å². The lowest BCUT2D eigenvalue weighted by atomic mass is 10.1. The third kappa shape index (κ3) is 2.62. The van der Waals surface area contributed by atoms with Crippen molar-refractivity contribution >= 4 is 16.9 Å². The molecular weight excluding hydrogens is 238 g/mol. The molecule has 102 valence electrons. The van der Waals surface area contributed by atoms with Gasteiger partial charge in [0.1, 0.15) is 5.82 Å². The number of benzene rings is 1. The van der Waals surface area contributed by atoms with E-state index in [1.807, 2.05) is 36.9 Å². The number of hydrogen-bond acceptors (Lipinski definition) is 2. The van der Waals surface area contributed by atoms with E-state index in [4.69, 9.17) is 0 Å². The molecule has 4 heteroatoms. The summed E-state index contributed by atoms with van der Waals surface area (Å²) in [5, 5.41) is 0. The van der Waals surface area contributed by atoms with Crippen LogP contribution in [0, 0.1) is 0 Å². The quantitative estimate of drug-likeness (QED) is 0.916. The van der Waals surface area contributed by atoms with Gasteiger partial charge in [-0.15, -0.1) is 0 Å². The van der Waals surface area contributed by atoms with Crippen LogP contribution in [-0.2, 0) is 0 Å². The Hall–Kier alpha value is -1.84. The average Bonchev–Trinajstić information content (AvgIpc) is 2.82. The van der Waals surface area contributed by atoms with E-state index in [1.54, 1.807) is 0 Å². The Kier molecular flexibility index (Phi) is 3.88. The van der Waals surface area contributed by atoms with Gasteiger partial charge in [0.2, 0.25) is 0 Å². The molecule has 1 aromatic heterocycles. The molecule has 0 aliphatic heterocycles. The first-order valence-corrected chi connectivity index (χ1v) is 6.85. The predicted octanol–water partition coefficient (Wildman–Crippen LogP) is 3.17. The second-order valence-corrected chi connectivity index (χ2v) is 4.99. The van der Waals surface area contributed by atoms with Crippen LogP contribution in [0.15, 0.2) is 18.2 Å². The molecular formula is C15H21N3O. The van der Waals surface area contributed by atoms with Crippen LogP contribution in [-0.4, -0.2) is 33.9 Å². The van der Waals surface area contributed by atoms with Crippen molar-refractivity contribution in [3.63, 3.8) is 0 Å². The smallest absolute Gasteiger partial charge is 0.253 e. The molecule has 4 nitrogen and oxygen atoms in total. The van der Waals surface area contributed by atoms with Gasteiger partial charge in [0.05, 0.1) is 11.0 Å². The maximum Gasteiger partial charge on any atom is 0.253 e. The minimum Gasteiger partial charge on any atom is -0.342 e. The number of aromatic nitrogens is 2. The fourth-order valence-electron chi connectivity index (χ4n) is 2.13. The lowest BCUT2D eigenvalue weighted by Crippen LogP contribution is -2.30. The largest absolute Gasteiger partial charge is 0.342 e. The summed E-state index contributed by atoms with van der Waals surface area (Å²) in [5.74, 6) is 1.39. The Morgan fingerprint density at radius 3 is 2.58 bits per heavy atom. The van der Waals surface area contributed by atoms with Gasteiger partial charge in [-0.3, -0.25) is 4.79 Å². The zero-order chi connectivity index (χ0) is 14.0. The molecule has 0 atom stereocenters. The van der Waals surface area contributed by atoms with Gasteiger partial charge < -0.3 is 9.88 Å². The zero-order valence-corrected chi connectivity index (χ0v) is 12.0. The van der Waals surface area contributed by atoms with Gasteiger partial charge in [-0.2, -0.15) is 0 Å².